The Labute approximate surface area is 510 Å². The molecule has 31 nitrogen and oxygen atoms in total. The molecule has 0 aromatic rings. The van der Waals surface area contributed by atoms with E-state index >= 15 is 0 Å². The highest BCUT2D eigenvalue weighted by molar-refractivity contribution is 6.00. The van der Waals surface area contributed by atoms with Crippen molar-refractivity contribution in [3.8, 4) is 0 Å². The predicted molar refractivity (Wildman–Crippen MR) is 311 cm³/mol. The fourth-order valence-corrected chi connectivity index (χ4v) is 10.1. The number of aliphatic carboxylic acids is 3. The summed E-state index contributed by atoms with van der Waals surface area (Å²) in [4.78, 5) is 202. The minimum absolute atomic E-state index is 0.0161. The van der Waals surface area contributed by atoms with Crippen LogP contribution in [0.5, 0.6) is 0 Å². The Morgan fingerprint density at radius 1 is 0.580 bits per heavy atom. The van der Waals surface area contributed by atoms with Gasteiger partial charge in [0.1, 0.15) is 48.3 Å². The third-order valence-electron chi connectivity index (χ3n) is 15.1. The summed E-state index contributed by atoms with van der Waals surface area (Å²) in [5.74, 6) is -17.2. The zero-order valence-corrected chi connectivity index (χ0v) is 50.8. The van der Waals surface area contributed by atoms with Crippen LogP contribution in [0.4, 0.5) is 0 Å². The lowest BCUT2D eigenvalue weighted by atomic mass is 9.96. The number of amides is 12. The van der Waals surface area contributed by atoms with Gasteiger partial charge in [-0.05, 0) is 69.8 Å². The molecule has 0 radical (unpaired) electrons. The average Bonchev–Trinajstić information content (AvgIpc) is 4.14. The van der Waals surface area contributed by atoms with E-state index < -0.39 is 195 Å². The largest absolute Gasteiger partial charge is 0.481 e. The Kier molecular flexibility index (Phi) is 32.1. The van der Waals surface area contributed by atoms with E-state index in [2.05, 4.69) is 67.0 Å². The zero-order chi connectivity index (χ0) is 65.6. The molecular weight excluding hydrogens is 1160 g/mol. The van der Waals surface area contributed by atoms with Crippen LogP contribution in [0.1, 0.15) is 150 Å². The van der Waals surface area contributed by atoms with Crippen LogP contribution in [0, 0.1) is 11.8 Å². The van der Waals surface area contributed by atoms with E-state index in [1.54, 1.807) is 19.9 Å². The van der Waals surface area contributed by atoms with Gasteiger partial charge in [-0.15, -0.1) is 0 Å². The first kappa shape index (κ1) is 74.0. The lowest BCUT2D eigenvalue weighted by molar-refractivity contribution is -0.146. The molecule has 0 aromatic heterocycles. The fraction of sp³-hybridized carbons (Fsp3) is 0.702. The van der Waals surface area contributed by atoms with Gasteiger partial charge in [-0.25, -0.2) is 0 Å². The van der Waals surface area contributed by atoms with Crippen molar-refractivity contribution in [1.29, 1.82) is 0 Å². The van der Waals surface area contributed by atoms with Crippen LogP contribution in [0.3, 0.4) is 0 Å². The molecule has 3 rings (SSSR count). The van der Waals surface area contributed by atoms with Crippen molar-refractivity contribution >= 4 is 88.8 Å². The number of rotatable bonds is 23. The van der Waals surface area contributed by atoms with E-state index in [-0.39, 0.29) is 38.8 Å². The second-order valence-electron chi connectivity index (χ2n) is 22.8. The molecule has 14 N–H and O–H groups in total. The highest BCUT2D eigenvalue weighted by Crippen LogP contribution is 2.23. The van der Waals surface area contributed by atoms with Crippen molar-refractivity contribution in [3.05, 3.63) is 12.2 Å². The number of unbranched alkanes of at least 4 members (excludes halogenated alkanes) is 7. The summed E-state index contributed by atoms with van der Waals surface area (Å²) < 4.78 is 0. The summed E-state index contributed by atoms with van der Waals surface area (Å²) in [6.45, 7) is 5.06. The van der Waals surface area contributed by atoms with E-state index in [1.807, 2.05) is 0 Å². The Morgan fingerprint density at radius 3 is 1.61 bits per heavy atom. The van der Waals surface area contributed by atoms with E-state index in [0.717, 1.165) is 50.0 Å². The molecule has 10 atom stereocenters. The average molecular weight is 1250 g/mol. The number of hydrogen-bond acceptors (Lipinski definition) is 16. The second kappa shape index (κ2) is 38.1. The summed E-state index contributed by atoms with van der Waals surface area (Å²) in [5, 5.41) is 62.4. The lowest BCUT2D eigenvalue weighted by Gasteiger charge is -2.37. The molecule has 3 aliphatic heterocycles. The van der Waals surface area contributed by atoms with Crippen molar-refractivity contribution < 1.29 is 92.3 Å². The highest BCUT2D eigenvalue weighted by atomic mass is 16.4. The smallest absolute Gasteiger partial charge is 0.305 e. The number of carboxylic acid groups (broad SMARTS) is 3. The molecule has 31 heteroatoms. The number of allylic oxidation sites excluding steroid dienone is 1. The first-order valence-corrected chi connectivity index (χ1v) is 30.1. The highest BCUT2D eigenvalue weighted by Gasteiger charge is 2.43. The van der Waals surface area contributed by atoms with Crippen molar-refractivity contribution in [3.63, 3.8) is 0 Å². The molecule has 0 saturated carbocycles. The molecule has 492 valence electrons. The normalized spacial score (nSPS) is 24.1. The maximum atomic E-state index is 14.8. The Bertz CT molecular complexity index is 2530. The number of carbonyl (C=O) groups excluding carboxylic acids is 12. The number of nitrogens with one attached hydrogen (secondary N) is 10. The molecule has 3 fully saturated rings. The summed E-state index contributed by atoms with van der Waals surface area (Å²) in [7, 11) is 0. The number of nitrogens with zero attached hydrogens (tertiary/aromatic N) is 2. The van der Waals surface area contributed by atoms with Crippen LogP contribution in [0.25, 0.3) is 0 Å². The van der Waals surface area contributed by atoms with Gasteiger partial charge in [0, 0.05) is 19.6 Å². The van der Waals surface area contributed by atoms with Crippen molar-refractivity contribution in [2.24, 2.45) is 11.8 Å². The minimum Gasteiger partial charge on any atom is -0.481 e. The molecule has 88 heavy (non-hydrogen) atoms. The third kappa shape index (κ3) is 26.0. The molecule has 3 aliphatic rings. The summed E-state index contributed by atoms with van der Waals surface area (Å²) in [5.41, 5.74) is 0. The maximum absolute atomic E-state index is 14.8. The molecule has 1 unspecified atom stereocenters. The summed E-state index contributed by atoms with van der Waals surface area (Å²) in [6, 6.07) is -13.2. The summed E-state index contributed by atoms with van der Waals surface area (Å²) in [6.07, 6.45) is 8.26. The monoisotopic (exact) mass is 1250 g/mol. The number of carbonyl (C=O) groups is 15. The molecule has 0 bridgehead atoms. The lowest BCUT2D eigenvalue weighted by Crippen LogP contribution is -2.63. The first-order chi connectivity index (χ1) is 41.6. The molecule has 0 aromatic carbocycles. The number of fused-ring (bicyclic) bond motifs is 2. The topological polar surface area (TPSA) is 464 Å². The van der Waals surface area contributed by atoms with E-state index in [0.29, 0.717) is 25.2 Å². The van der Waals surface area contributed by atoms with Gasteiger partial charge in [0.25, 0.3) is 0 Å². The van der Waals surface area contributed by atoms with Crippen molar-refractivity contribution in [1.82, 2.24) is 63.0 Å². The van der Waals surface area contributed by atoms with Gasteiger partial charge in [-0.2, -0.15) is 0 Å². The van der Waals surface area contributed by atoms with Crippen LogP contribution in [0.2, 0.25) is 0 Å². The van der Waals surface area contributed by atoms with Crippen LogP contribution >= 0.6 is 0 Å². The Balaban J connectivity index is 2.02. The van der Waals surface area contributed by atoms with Gasteiger partial charge < -0.3 is 83.4 Å². The van der Waals surface area contributed by atoms with E-state index in [4.69, 9.17) is 0 Å². The zero-order valence-electron chi connectivity index (χ0n) is 50.8. The quantitative estimate of drug-likeness (QED) is 0.0366. The molecular formula is C57H90N12O19. The van der Waals surface area contributed by atoms with Crippen molar-refractivity contribution in [2.45, 2.75) is 205 Å². The molecule has 0 aliphatic carbocycles. The Hall–Kier alpha value is -8.25. The van der Waals surface area contributed by atoms with Gasteiger partial charge in [0.05, 0.1) is 45.0 Å². The van der Waals surface area contributed by atoms with Crippen molar-refractivity contribution in [2.75, 3.05) is 39.3 Å². The number of carboxylic acids is 3. The van der Waals surface area contributed by atoms with Gasteiger partial charge in [0.2, 0.25) is 70.9 Å². The van der Waals surface area contributed by atoms with Crippen LogP contribution in [0.15, 0.2) is 12.2 Å². The summed E-state index contributed by atoms with van der Waals surface area (Å²) >= 11 is 0. The third-order valence-corrected chi connectivity index (χ3v) is 15.1. The van der Waals surface area contributed by atoms with E-state index in [1.165, 1.54) is 24.2 Å². The van der Waals surface area contributed by atoms with E-state index in [9.17, 15) is 92.3 Å². The first-order valence-electron chi connectivity index (χ1n) is 30.1. The molecule has 3 heterocycles. The van der Waals surface area contributed by atoms with Gasteiger partial charge in [0.15, 0.2) is 0 Å². The molecule has 12 amide bonds. The van der Waals surface area contributed by atoms with Gasteiger partial charge >= 0.3 is 17.9 Å². The van der Waals surface area contributed by atoms with Crippen LogP contribution in [-0.4, -0.2) is 213 Å². The maximum Gasteiger partial charge on any atom is 0.305 e. The van der Waals surface area contributed by atoms with Crippen LogP contribution in [-0.2, 0) is 71.9 Å². The number of aliphatic hydroxyl groups excluding tert-OH is 1. The van der Waals surface area contributed by atoms with Crippen LogP contribution < -0.4 is 53.2 Å². The molecule has 0 spiro atoms. The second-order valence-corrected chi connectivity index (χ2v) is 22.8. The number of hydrogen-bond donors (Lipinski definition) is 14. The Morgan fingerprint density at radius 2 is 1.08 bits per heavy atom. The molecule has 3 saturated heterocycles. The predicted octanol–water partition coefficient (Wildman–Crippen LogP) is -2.68. The fourth-order valence-electron chi connectivity index (χ4n) is 10.1. The van der Waals surface area contributed by atoms with Gasteiger partial charge in [-0.1, -0.05) is 85.1 Å². The standard InChI is InChI=1S/C57H90N12O19/c1-6-33(4)48-57(88)69-24-18-21-40(69)53(84)58-28-38(65-52(83)37(27-47(79)80)62-41(71)22-15-13-11-9-7-8-10-12-14-19-32(2)3)56(87)68-23-17-16-20-39(68)54(85)61-30-43(73)64-35(25-45(75)76)50(81)59-29-42(72)63-36(26-46(77)78)51(82)60-31-44(74)66-49(34(5)70)55(86)67-48/h15,22,32-40,48-49,70H,6-14,16-21,23-31H2,1-5H3,(H,58,84)(H,59,81)(H,60,82)(H,61,85)(H,62,71)(H,63,72)(H,64,73)(H,65,83)(H,66,74)(H,67,86)(H,75,76)(H,77,78)(H,79,80)/b22-15+/t33-,34?,35-,36-,37-,38-,39+,40-,48-,49+/m0/s1. The number of aliphatic hydroxyl groups is 1. The minimum atomic E-state index is -1.90. The van der Waals surface area contributed by atoms with Gasteiger partial charge in [-0.3, -0.25) is 71.9 Å². The number of piperidine rings is 1. The SMILES string of the molecule is CC[C@H](C)[C@@H]1NC(=O)[C@@H](C(C)O)NC(=O)CNC(=O)[C@H](CC(=O)O)NC(=O)CNC(=O)[C@H](CC(=O)O)NC(=O)CNC(=O)[C@H]2CCCCN2C(=O)[C@@H](NC(=O)[C@H](CC(=O)O)NC(=O)/C=C/CCCCCCCCCC(C)C)CNC(=O)[C@@H]2CCCN2C1=O.